The van der Waals surface area contributed by atoms with E-state index >= 15 is 0 Å². The second-order valence-corrected chi connectivity index (χ2v) is 6.24. The van der Waals surface area contributed by atoms with Crippen molar-refractivity contribution in [2.75, 3.05) is 32.8 Å². The van der Waals surface area contributed by atoms with Crippen LogP contribution in [0.5, 0.6) is 5.75 Å². The Kier molecular flexibility index (Phi) is 7.31. The first-order valence-electron chi connectivity index (χ1n) is 8.99. The number of carbonyl (C=O) groups is 1. The number of amides is 1. The minimum atomic E-state index is -0.144. The number of nitrogens with zero attached hydrogens (tertiary/aromatic N) is 2. The summed E-state index contributed by atoms with van der Waals surface area (Å²) in [4.78, 5) is 26.7. The summed E-state index contributed by atoms with van der Waals surface area (Å²) in [5.74, 6) is 0.202. The van der Waals surface area contributed by atoms with Gasteiger partial charge in [-0.2, -0.15) is 0 Å². The van der Waals surface area contributed by atoms with E-state index in [9.17, 15) is 9.59 Å². The summed E-state index contributed by atoms with van der Waals surface area (Å²) in [6.45, 7) is 7.31. The summed E-state index contributed by atoms with van der Waals surface area (Å²) in [7, 11) is 0. The molecule has 6 nitrogen and oxygen atoms in total. The van der Waals surface area contributed by atoms with Crippen molar-refractivity contribution in [1.29, 1.82) is 0 Å². The molecule has 1 aromatic heterocycles. The number of carbonyl (C=O) groups excluding carboxylic acids is 1. The van der Waals surface area contributed by atoms with Crippen LogP contribution in [-0.4, -0.2) is 48.2 Å². The maximum atomic E-state index is 12.6. The molecule has 2 heterocycles. The maximum absolute atomic E-state index is 12.6. The van der Waals surface area contributed by atoms with E-state index in [0.29, 0.717) is 0 Å². The van der Waals surface area contributed by atoms with Gasteiger partial charge in [-0.05, 0) is 50.9 Å². The molecule has 2 rings (SSSR count). The van der Waals surface area contributed by atoms with Crippen molar-refractivity contribution in [3.05, 3.63) is 28.7 Å². The van der Waals surface area contributed by atoms with Gasteiger partial charge in [0.2, 0.25) is 0 Å². The molecule has 1 aliphatic heterocycles. The summed E-state index contributed by atoms with van der Waals surface area (Å²) in [6, 6.07) is 3.67. The quantitative estimate of drug-likeness (QED) is 0.787. The summed E-state index contributed by atoms with van der Waals surface area (Å²) in [6.07, 6.45) is 5.51. The van der Waals surface area contributed by atoms with Crippen molar-refractivity contribution < 1.29 is 9.53 Å². The fourth-order valence-corrected chi connectivity index (χ4v) is 3.10. The van der Waals surface area contributed by atoms with Crippen LogP contribution in [0.15, 0.2) is 23.1 Å². The van der Waals surface area contributed by atoms with Gasteiger partial charge in [0.1, 0.15) is 0 Å². The second kappa shape index (κ2) is 9.47. The van der Waals surface area contributed by atoms with Gasteiger partial charge in [0.15, 0.2) is 12.4 Å². The lowest BCUT2D eigenvalue weighted by Crippen LogP contribution is -2.37. The average Bonchev–Trinajstić information content (AvgIpc) is 2.61. The molecular formula is C18H29N3O3. The molecule has 24 heavy (non-hydrogen) atoms. The molecule has 1 saturated heterocycles. The molecule has 0 aromatic carbocycles. The van der Waals surface area contributed by atoms with Crippen LogP contribution in [0.25, 0.3) is 0 Å². The van der Waals surface area contributed by atoms with E-state index in [-0.39, 0.29) is 29.9 Å². The monoisotopic (exact) mass is 335 g/mol. The first kappa shape index (κ1) is 18.5. The van der Waals surface area contributed by atoms with Crippen LogP contribution in [0.3, 0.4) is 0 Å². The lowest BCUT2D eigenvalue weighted by Gasteiger charge is -2.25. The summed E-state index contributed by atoms with van der Waals surface area (Å²) in [5.41, 5.74) is -0.144. The van der Waals surface area contributed by atoms with E-state index < -0.39 is 0 Å². The predicted octanol–water partition coefficient (Wildman–Crippen LogP) is 1.80. The van der Waals surface area contributed by atoms with Gasteiger partial charge in [0.05, 0.1) is 0 Å². The van der Waals surface area contributed by atoms with Gasteiger partial charge in [-0.25, -0.2) is 0 Å². The van der Waals surface area contributed by atoms with Crippen LogP contribution in [-0.2, 0) is 4.79 Å². The largest absolute Gasteiger partial charge is 0.478 e. The Morgan fingerprint density at radius 1 is 1.29 bits per heavy atom. The molecule has 134 valence electrons. The molecule has 0 spiro atoms. The highest BCUT2D eigenvalue weighted by atomic mass is 16.5. The first-order chi connectivity index (χ1) is 11.7. The van der Waals surface area contributed by atoms with Crippen LogP contribution in [0, 0.1) is 0 Å². The van der Waals surface area contributed by atoms with Gasteiger partial charge in [-0.15, -0.1) is 0 Å². The van der Waals surface area contributed by atoms with Crippen molar-refractivity contribution in [2.45, 2.75) is 45.6 Å². The van der Waals surface area contributed by atoms with Gasteiger partial charge in [-0.1, -0.05) is 13.8 Å². The molecule has 1 aromatic rings. The van der Waals surface area contributed by atoms with Crippen molar-refractivity contribution >= 4 is 5.91 Å². The van der Waals surface area contributed by atoms with Gasteiger partial charge in [0, 0.05) is 25.3 Å². The molecule has 0 atom stereocenters. The molecule has 0 aliphatic carbocycles. The number of hydrogen-bond donors (Lipinski definition) is 1. The number of aromatic nitrogens is 1. The number of rotatable bonds is 8. The Hall–Kier alpha value is -1.82. The van der Waals surface area contributed by atoms with Crippen LogP contribution in [0.4, 0.5) is 0 Å². The minimum absolute atomic E-state index is 0.0598. The van der Waals surface area contributed by atoms with Crippen molar-refractivity contribution in [2.24, 2.45) is 0 Å². The van der Waals surface area contributed by atoms with Crippen molar-refractivity contribution in [3.8, 4) is 5.75 Å². The van der Waals surface area contributed by atoms with E-state index in [1.54, 1.807) is 15.5 Å². The zero-order chi connectivity index (χ0) is 17.4. The Bertz CT molecular complexity index is 573. The molecule has 1 amide bonds. The Labute approximate surface area is 143 Å². The van der Waals surface area contributed by atoms with Crippen LogP contribution >= 0.6 is 0 Å². The number of pyridine rings is 1. The summed E-state index contributed by atoms with van der Waals surface area (Å²) >= 11 is 0. The number of ether oxygens (including phenoxy) is 1. The summed E-state index contributed by atoms with van der Waals surface area (Å²) < 4.78 is 7.31. The zero-order valence-electron chi connectivity index (χ0n) is 14.8. The Morgan fingerprint density at radius 2 is 1.96 bits per heavy atom. The topological polar surface area (TPSA) is 63.6 Å². The average molecular weight is 335 g/mol. The summed E-state index contributed by atoms with van der Waals surface area (Å²) in [5, 5.41) is 3.30. The lowest BCUT2D eigenvalue weighted by atomic mass is 10.1. The number of piperidine rings is 1. The molecular weight excluding hydrogens is 306 g/mol. The van der Waals surface area contributed by atoms with E-state index in [1.165, 1.54) is 0 Å². The number of hydrogen-bond acceptors (Lipinski definition) is 4. The van der Waals surface area contributed by atoms with E-state index in [2.05, 4.69) is 5.32 Å². The SMILES string of the molecule is CCCN(CCC)C(=O)COc1cccn(C2CCNCC2)c1=O. The minimum Gasteiger partial charge on any atom is -0.478 e. The Balaban J connectivity index is 2.02. The lowest BCUT2D eigenvalue weighted by molar-refractivity contribution is -0.133. The van der Waals surface area contributed by atoms with Crippen LogP contribution < -0.4 is 15.6 Å². The highest BCUT2D eigenvalue weighted by Gasteiger charge is 2.18. The van der Waals surface area contributed by atoms with Crippen LogP contribution in [0.1, 0.15) is 45.6 Å². The fourth-order valence-electron chi connectivity index (χ4n) is 3.10. The van der Waals surface area contributed by atoms with E-state index in [0.717, 1.165) is 51.9 Å². The number of nitrogens with one attached hydrogen (secondary N) is 1. The first-order valence-corrected chi connectivity index (χ1v) is 8.99. The highest BCUT2D eigenvalue weighted by molar-refractivity contribution is 5.77. The normalized spacial score (nSPS) is 15.2. The molecule has 1 aliphatic rings. The van der Waals surface area contributed by atoms with Gasteiger partial charge in [0.25, 0.3) is 11.5 Å². The molecule has 0 bridgehead atoms. The van der Waals surface area contributed by atoms with Crippen molar-refractivity contribution in [1.82, 2.24) is 14.8 Å². The molecule has 1 fully saturated rings. The van der Waals surface area contributed by atoms with Crippen molar-refractivity contribution in [3.63, 3.8) is 0 Å². The van der Waals surface area contributed by atoms with Gasteiger partial charge < -0.3 is 19.5 Å². The third-order valence-corrected chi connectivity index (χ3v) is 4.33. The second-order valence-electron chi connectivity index (χ2n) is 6.24. The zero-order valence-corrected chi connectivity index (χ0v) is 14.8. The molecule has 0 radical (unpaired) electrons. The highest BCUT2D eigenvalue weighted by Crippen LogP contribution is 2.17. The molecule has 0 unspecified atom stereocenters. The third kappa shape index (κ3) is 4.84. The standard InChI is InChI=1S/C18H29N3O3/c1-3-11-20(12-4-2)17(22)14-24-16-6-5-13-21(18(16)23)15-7-9-19-10-8-15/h5-6,13,15,19H,3-4,7-12,14H2,1-2H3. The Morgan fingerprint density at radius 3 is 2.58 bits per heavy atom. The smallest absolute Gasteiger partial charge is 0.293 e. The van der Waals surface area contributed by atoms with Gasteiger partial charge >= 0.3 is 0 Å². The molecule has 1 N–H and O–H groups in total. The molecule has 0 saturated carbocycles. The predicted molar refractivity (Wildman–Crippen MR) is 94.5 cm³/mol. The fraction of sp³-hybridized carbons (Fsp3) is 0.667. The van der Waals surface area contributed by atoms with Crippen LogP contribution in [0.2, 0.25) is 0 Å². The van der Waals surface area contributed by atoms with Gasteiger partial charge in [-0.3, -0.25) is 9.59 Å². The molecule has 6 heteroatoms. The van der Waals surface area contributed by atoms with E-state index in [1.807, 2.05) is 26.1 Å². The third-order valence-electron chi connectivity index (χ3n) is 4.33. The van der Waals surface area contributed by atoms with E-state index in [4.69, 9.17) is 4.74 Å². The maximum Gasteiger partial charge on any atom is 0.293 e.